The van der Waals surface area contributed by atoms with Gasteiger partial charge in [0, 0.05) is 20.1 Å². The molecule has 0 fully saturated rings. The molecule has 0 amide bonds. The van der Waals surface area contributed by atoms with Gasteiger partial charge >= 0.3 is 0 Å². The molecular formula is C15H26N2O2S. The number of hydrogen-bond donors (Lipinski definition) is 1. The molecule has 4 nitrogen and oxygen atoms in total. The van der Waals surface area contributed by atoms with Crippen LogP contribution in [0.5, 0.6) is 0 Å². The van der Waals surface area contributed by atoms with Crippen LogP contribution in [-0.4, -0.2) is 32.9 Å². The molecule has 0 aliphatic carbocycles. The van der Waals surface area contributed by atoms with Crippen LogP contribution in [0.4, 0.5) is 0 Å². The van der Waals surface area contributed by atoms with Crippen molar-refractivity contribution in [2.45, 2.75) is 39.1 Å². The summed E-state index contributed by atoms with van der Waals surface area (Å²) < 4.78 is 26.5. The summed E-state index contributed by atoms with van der Waals surface area (Å²) in [6.45, 7) is 10.1. The van der Waals surface area contributed by atoms with Gasteiger partial charge in [-0.3, -0.25) is 0 Å². The Morgan fingerprint density at radius 1 is 1.30 bits per heavy atom. The number of nitrogens with one attached hydrogen (secondary N) is 1. The van der Waals surface area contributed by atoms with Gasteiger partial charge in [0.1, 0.15) is 0 Å². The quantitative estimate of drug-likeness (QED) is 0.841. The summed E-state index contributed by atoms with van der Waals surface area (Å²) >= 11 is 0. The molecule has 1 rings (SSSR count). The molecule has 0 spiro atoms. The van der Waals surface area contributed by atoms with Crippen LogP contribution in [0.1, 0.15) is 31.9 Å². The smallest absolute Gasteiger partial charge is 0.242 e. The maximum atomic E-state index is 12.5. The highest BCUT2D eigenvalue weighted by molar-refractivity contribution is 7.89. The second kappa shape index (κ2) is 7.20. The molecule has 0 atom stereocenters. The molecule has 1 aromatic carbocycles. The van der Waals surface area contributed by atoms with E-state index in [0.717, 1.165) is 17.7 Å². The summed E-state index contributed by atoms with van der Waals surface area (Å²) in [4.78, 5) is 0.374. The van der Waals surface area contributed by atoms with Crippen LogP contribution < -0.4 is 5.32 Å². The maximum absolute atomic E-state index is 12.5. The molecule has 0 heterocycles. The molecule has 20 heavy (non-hydrogen) atoms. The van der Waals surface area contributed by atoms with Crippen molar-refractivity contribution >= 4 is 10.0 Å². The number of rotatable bonds is 7. The normalized spacial score (nSPS) is 12.3. The molecule has 0 bridgehead atoms. The minimum absolute atomic E-state index is 0.307. The Morgan fingerprint density at radius 3 is 2.50 bits per heavy atom. The van der Waals surface area contributed by atoms with Crippen LogP contribution in [0.3, 0.4) is 0 Å². The van der Waals surface area contributed by atoms with Gasteiger partial charge in [0.15, 0.2) is 0 Å². The highest BCUT2D eigenvalue weighted by Gasteiger charge is 2.21. The van der Waals surface area contributed by atoms with Gasteiger partial charge in [-0.1, -0.05) is 26.8 Å². The minimum atomic E-state index is -3.39. The molecule has 0 aliphatic heterocycles. The van der Waals surface area contributed by atoms with Crippen molar-refractivity contribution in [3.05, 3.63) is 29.3 Å². The summed E-state index contributed by atoms with van der Waals surface area (Å²) in [5, 5.41) is 3.24. The lowest BCUT2D eigenvalue weighted by Crippen LogP contribution is -2.30. The molecule has 0 saturated heterocycles. The standard InChI is InChI=1S/C15H26N2O2S/c1-6-16-10-14-9-15(8-7-13(14)4)20(18,19)17(5)11-12(2)3/h7-9,12,16H,6,10-11H2,1-5H3. The summed E-state index contributed by atoms with van der Waals surface area (Å²) in [6, 6.07) is 5.35. The summed E-state index contributed by atoms with van der Waals surface area (Å²) in [5.74, 6) is 0.307. The average Bonchev–Trinajstić information content (AvgIpc) is 2.36. The van der Waals surface area contributed by atoms with E-state index in [2.05, 4.69) is 5.32 Å². The van der Waals surface area contributed by atoms with Crippen molar-refractivity contribution in [3.8, 4) is 0 Å². The predicted octanol–water partition coefficient (Wildman–Crippen LogP) is 2.38. The van der Waals surface area contributed by atoms with Crippen LogP contribution in [0.25, 0.3) is 0 Å². The van der Waals surface area contributed by atoms with Crippen molar-refractivity contribution in [3.63, 3.8) is 0 Å². The molecule has 5 heteroatoms. The van der Waals surface area contributed by atoms with E-state index in [-0.39, 0.29) is 0 Å². The lowest BCUT2D eigenvalue weighted by Gasteiger charge is -2.20. The third-order valence-electron chi connectivity index (χ3n) is 3.22. The molecule has 0 aliphatic rings. The highest BCUT2D eigenvalue weighted by Crippen LogP contribution is 2.19. The van der Waals surface area contributed by atoms with Gasteiger partial charge in [-0.25, -0.2) is 12.7 Å². The molecule has 114 valence electrons. The van der Waals surface area contributed by atoms with Crippen molar-refractivity contribution in [2.24, 2.45) is 5.92 Å². The van der Waals surface area contributed by atoms with Gasteiger partial charge in [-0.2, -0.15) is 0 Å². The first-order chi connectivity index (χ1) is 9.28. The molecule has 0 aromatic heterocycles. The van der Waals surface area contributed by atoms with Crippen molar-refractivity contribution < 1.29 is 8.42 Å². The Hall–Kier alpha value is -0.910. The lowest BCUT2D eigenvalue weighted by molar-refractivity contribution is 0.417. The Morgan fingerprint density at radius 2 is 1.95 bits per heavy atom. The van der Waals surface area contributed by atoms with Crippen LogP contribution in [0.15, 0.2) is 23.1 Å². The molecule has 0 unspecified atom stereocenters. The zero-order valence-electron chi connectivity index (χ0n) is 13.1. The van der Waals surface area contributed by atoms with Gasteiger partial charge in [-0.15, -0.1) is 0 Å². The lowest BCUT2D eigenvalue weighted by atomic mass is 10.1. The third-order valence-corrected chi connectivity index (χ3v) is 5.04. The highest BCUT2D eigenvalue weighted by atomic mass is 32.2. The molecule has 1 aromatic rings. The average molecular weight is 298 g/mol. The monoisotopic (exact) mass is 298 g/mol. The minimum Gasteiger partial charge on any atom is -0.313 e. The van der Waals surface area contributed by atoms with E-state index in [1.165, 1.54) is 4.31 Å². The van der Waals surface area contributed by atoms with Crippen LogP contribution >= 0.6 is 0 Å². The Bertz CT molecular complexity index is 539. The fourth-order valence-electron chi connectivity index (χ4n) is 2.05. The SMILES string of the molecule is CCNCc1cc(S(=O)(=O)N(C)CC(C)C)ccc1C. The fraction of sp³-hybridized carbons (Fsp3) is 0.600. The van der Waals surface area contributed by atoms with Gasteiger partial charge in [0.2, 0.25) is 10.0 Å². The van der Waals surface area contributed by atoms with Crippen molar-refractivity contribution in [1.29, 1.82) is 0 Å². The molecule has 0 radical (unpaired) electrons. The number of sulfonamides is 1. The van der Waals surface area contributed by atoms with E-state index in [4.69, 9.17) is 0 Å². The first-order valence-electron chi connectivity index (χ1n) is 7.05. The first kappa shape index (κ1) is 17.1. The summed E-state index contributed by atoms with van der Waals surface area (Å²) in [5.41, 5.74) is 2.14. The number of nitrogens with zero attached hydrogens (tertiary/aromatic N) is 1. The van der Waals surface area contributed by atoms with Crippen molar-refractivity contribution in [1.82, 2.24) is 9.62 Å². The van der Waals surface area contributed by atoms with E-state index in [1.807, 2.05) is 33.8 Å². The summed E-state index contributed by atoms with van der Waals surface area (Å²) in [7, 11) is -1.75. The second-order valence-electron chi connectivity index (χ2n) is 5.55. The first-order valence-corrected chi connectivity index (χ1v) is 8.49. The zero-order chi connectivity index (χ0) is 15.3. The van der Waals surface area contributed by atoms with Gasteiger partial charge < -0.3 is 5.32 Å². The third kappa shape index (κ3) is 4.30. The summed E-state index contributed by atoms with van der Waals surface area (Å²) in [6.07, 6.45) is 0. The molecule has 0 saturated carbocycles. The van der Waals surface area contributed by atoms with E-state index in [0.29, 0.717) is 23.9 Å². The van der Waals surface area contributed by atoms with Crippen LogP contribution in [-0.2, 0) is 16.6 Å². The van der Waals surface area contributed by atoms with E-state index < -0.39 is 10.0 Å². The number of hydrogen-bond acceptors (Lipinski definition) is 3. The molecular weight excluding hydrogens is 272 g/mol. The predicted molar refractivity (Wildman–Crippen MR) is 83.2 cm³/mol. The zero-order valence-corrected chi connectivity index (χ0v) is 13.9. The number of aryl methyl sites for hydroxylation is 1. The molecule has 1 N–H and O–H groups in total. The van der Waals surface area contributed by atoms with E-state index in [1.54, 1.807) is 19.2 Å². The topological polar surface area (TPSA) is 49.4 Å². The van der Waals surface area contributed by atoms with E-state index >= 15 is 0 Å². The van der Waals surface area contributed by atoms with Crippen LogP contribution in [0, 0.1) is 12.8 Å². The fourth-order valence-corrected chi connectivity index (χ4v) is 3.44. The van der Waals surface area contributed by atoms with Crippen molar-refractivity contribution in [2.75, 3.05) is 20.1 Å². The van der Waals surface area contributed by atoms with E-state index in [9.17, 15) is 8.42 Å². The van der Waals surface area contributed by atoms with Gasteiger partial charge in [0.25, 0.3) is 0 Å². The number of benzene rings is 1. The Kier molecular flexibility index (Phi) is 6.17. The maximum Gasteiger partial charge on any atom is 0.242 e. The largest absolute Gasteiger partial charge is 0.313 e. The second-order valence-corrected chi connectivity index (χ2v) is 7.59. The van der Waals surface area contributed by atoms with Crippen LogP contribution in [0.2, 0.25) is 0 Å². The van der Waals surface area contributed by atoms with Gasteiger partial charge in [0.05, 0.1) is 4.90 Å². The Balaban J connectivity index is 3.06. The Labute approximate surface area is 123 Å². The van der Waals surface area contributed by atoms with Gasteiger partial charge in [-0.05, 0) is 42.6 Å².